The van der Waals surface area contributed by atoms with Crippen LogP contribution in [0, 0.1) is 33.4 Å². The maximum absolute atomic E-state index is 12.8. The first-order chi connectivity index (χ1) is 13.2. The number of halogens is 3. The minimum Gasteiger partial charge on any atom is -0.456 e. The predicted molar refractivity (Wildman–Crippen MR) is 90.2 cm³/mol. The molecule has 0 aliphatic heterocycles. The van der Waals surface area contributed by atoms with Crippen LogP contribution in [0.15, 0.2) is 36.4 Å². The standard InChI is InChI=1S/C18H10F3N3O4/c1-2-7-23-17(25)14-9-13(4-5-15(14)24(26)27)28-16-6-3-12(18(19,20)21)8-11(16)10-22/h3-6,8-9H,1H3,(H,23,25). The molecule has 142 valence electrons. The van der Waals surface area contributed by atoms with Gasteiger partial charge in [-0.05, 0) is 31.2 Å². The first-order valence-corrected chi connectivity index (χ1v) is 7.47. The number of nitriles is 1. The SMILES string of the molecule is CC#CNC(=O)c1cc(Oc2ccc(C(F)(F)F)cc2C#N)ccc1[N+](=O)[O-]. The van der Waals surface area contributed by atoms with Gasteiger partial charge in [0, 0.05) is 18.2 Å². The predicted octanol–water partition coefficient (Wildman–Crippen LogP) is 3.99. The number of amides is 1. The maximum Gasteiger partial charge on any atom is 0.416 e. The number of carbonyl (C=O) groups is 1. The second-order valence-electron chi connectivity index (χ2n) is 5.19. The molecular formula is C18H10F3N3O4. The number of benzene rings is 2. The lowest BCUT2D eigenvalue weighted by molar-refractivity contribution is -0.385. The van der Waals surface area contributed by atoms with E-state index in [2.05, 4.69) is 17.3 Å². The van der Waals surface area contributed by atoms with Crippen molar-refractivity contribution in [2.45, 2.75) is 13.1 Å². The number of nitro groups is 1. The fourth-order valence-corrected chi connectivity index (χ4v) is 2.12. The van der Waals surface area contributed by atoms with Crippen LogP contribution in [0.25, 0.3) is 0 Å². The molecule has 0 spiro atoms. The molecular weight excluding hydrogens is 379 g/mol. The van der Waals surface area contributed by atoms with Crippen LogP contribution in [0.1, 0.15) is 28.4 Å². The summed E-state index contributed by atoms with van der Waals surface area (Å²) in [6.07, 6.45) is -4.64. The van der Waals surface area contributed by atoms with Gasteiger partial charge in [-0.3, -0.25) is 20.2 Å². The van der Waals surface area contributed by atoms with Gasteiger partial charge in [-0.2, -0.15) is 18.4 Å². The number of hydrogen-bond donors (Lipinski definition) is 1. The van der Waals surface area contributed by atoms with E-state index >= 15 is 0 Å². The smallest absolute Gasteiger partial charge is 0.416 e. The number of alkyl halides is 3. The zero-order chi connectivity index (χ0) is 20.9. The number of carbonyl (C=O) groups excluding carboxylic acids is 1. The van der Waals surface area contributed by atoms with E-state index in [0.29, 0.717) is 6.07 Å². The Morgan fingerprint density at radius 3 is 2.54 bits per heavy atom. The van der Waals surface area contributed by atoms with Gasteiger partial charge in [0.15, 0.2) is 0 Å². The molecule has 0 atom stereocenters. The van der Waals surface area contributed by atoms with Crippen LogP contribution >= 0.6 is 0 Å². The zero-order valence-electron chi connectivity index (χ0n) is 14.1. The van der Waals surface area contributed by atoms with Gasteiger partial charge in [-0.15, -0.1) is 0 Å². The summed E-state index contributed by atoms with van der Waals surface area (Å²) in [7, 11) is 0. The van der Waals surface area contributed by atoms with E-state index in [4.69, 9.17) is 10.00 Å². The van der Waals surface area contributed by atoms with E-state index in [1.807, 2.05) is 0 Å². The van der Waals surface area contributed by atoms with Crippen LogP contribution in [-0.2, 0) is 6.18 Å². The van der Waals surface area contributed by atoms with Crippen LogP contribution < -0.4 is 10.1 Å². The van der Waals surface area contributed by atoms with E-state index in [9.17, 15) is 28.1 Å². The van der Waals surface area contributed by atoms with Crippen molar-refractivity contribution >= 4 is 11.6 Å². The first-order valence-electron chi connectivity index (χ1n) is 7.47. The number of nitro benzene ring substituents is 1. The van der Waals surface area contributed by atoms with Crippen LogP contribution in [-0.4, -0.2) is 10.8 Å². The van der Waals surface area contributed by atoms with Crippen molar-refractivity contribution in [1.29, 1.82) is 5.26 Å². The quantitative estimate of drug-likeness (QED) is 0.368. The van der Waals surface area contributed by atoms with Crippen LogP contribution in [0.4, 0.5) is 18.9 Å². The number of nitrogens with one attached hydrogen (secondary N) is 1. The van der Waals surface area contributed by atoms with Crippen LogP contribution in [0.2, 0.25) is 0 Å². The monoisotopic (exact) mass is 389 g/mol. The summed E-state index contributed by atoms with van der Waals surface area (Å²) in [4.78, 5) is 22.4. The Bertz CT molecular complexity index is 1050. The van der Waals surface area contributed by atoms with Gasteiger partial charge < -0.3 is 4.74 Å². The van der Waals surface area contributed by atoms with Gasteiger partial charge in [0.05, 0.1) is 16.1 Å². The molecule has 0 bridgehead atoms. The number of rotatable bonds is 4. The van der Waals surface area contributed by atoms with Crippen molar-refractivity contribution < 1.29 is 27.6 Å². The Morgan fingerprint density at radius 1 is 1.25 bits per heavy atom. The average Bonchev–Trinajstić information content (AvgIpc) is 2.65. The van der Waals surface area contributed by atoms with E-state index < -0.39 is 33.8 Å². The molecule has 0 aromatic heterocycles. The lowest BCUT2D eigenvalue weighted by atomic mass is 10.1. The fraction of sp³-hybridized carbons (Fsp3) is 0.111. The van der Waals surface area contributed by atoms with Crippen molar-refractivity contribution in [3.05, 3.63) is 63.2 Å². The molecule has 10 heteroatoms. The summed E-state index contributed by atoms with van der Waals surface area (Å²) >= 11 is 0. The summed E-state index contributed by atoms with van der Waals surface area (Å²) in [6, 6.07) is 9.33. The third kappa shape index (κ3) is 4.56. The molecule has 1 N–H and O–H groups in total. The van der Waals surface area contributed by atoms with Crippen molar-refractivity contribution in [2.24, 2.45) is 0 Å². The summed E-state index contributed by atoms with van der Waals surface area (Å²) in [6.45, 7) is 1.45. The Hall–Kier alpha value is -4.05. The molecule has 7 nitrogen and oxygen atoms in total. The second-order valence-corrected chi connectivity index (χ2v) is 5.19. The third-order valence-corrected chi connectivity index (χ3v) is 3.37. The zero-order valence-corrected chi connectivity index (χ0v) is 14.1. The van der Waals surface area contributed by atoms with Gasteiger partial charge in [0.2, 0.25) is 0 Å². The minimum atomic E-state index is -4.64. The average molecular weight is 389 g/mol. The summed E-state index contributed by atoms with van der Waals surface area (Å²) in [5, 5.41) is 22.3. The Balaban J connectivity index is 2.44. The van der Waals surface area contributed by atoms with Crippen LogP contribution in [0.3, 0.4) is 0 Å². The fourth-order valence-electron chi connectivity index (χ4n) is 2.12. The van der Waals surface area contributed by atoms with Crippen molar-refractivity contribution in [1.82, 2.24) is 5.32 Å². The largest absolute Gasteiger partial charge is 0.456 e. The molecule has 0 saturated heterocycles. The first kappa shape index (κ1) is 20.3. The van der Waals surface area contributed by atoms with Gasteiger partial charge in [0.25, 0.3) is 11.6 Å². The molecule has 0 unspecified atom stereocenters. The van der Waals surface area contributed by atoms with Crippen molar-refractivity contribution in [3.63, 3.8) is 0 Å². The van der Waals surface area contributed by atoms with Gasteiger partial charge in [-0.1, -0.05) is 5.92 Å². The molecule has 2 aromatic rings. The highest BCUT2D eigenvalue weighted by atomic mass is 19.4. The molecule has 1 amide bonds. The molecule has 0 aliphatic rings. The molecule has 2 rings (SSSR count). The number of nitrogens with zero attached hydrogens (tertiary/aromatic N) is 2. The molecule has 2 aromatic carbocycles. The lowest BCUT2D eigenvalue weighted by Crippen LogP contribution is -2.19. The summed E-state index contributed by atoms with van der Waals surface area (Å²) in [5.74, 6) is 1.24. The van der Waals surface area contributed by atoms with E-state index in [1.54, 1.807) is 6.07 Å². The highest BCUT2D eigenvalue weighted by Gasteiger charge is 2.31. The molecule has 0 saturated carbocycles. The number of ether oxygens (including phenoxy) is 1. The third-order valence-electron chi connectivity index (χ3n) is 3.37. The van der Waals surface area contributed by atoms with E-state index in [-0.39, 0.29) is 17.1 Å². The molecule has 0 radical (unpaired) electrons. The summed E-state index contributed by atoms with van der Waals surface area (Å²) < 4.78 is 43.6. The van der Waals surface area contributed by atoms with Crippen LogP contribution in [0.5, 0.6) is 11.5 Å². The normalized spacial score (nSPS) is 10.2. The second kappa shape index (κ2) is 8.10. The highest BCUT2D eigenvalue weighted by Crippen LogP contribution is 2.34. The maximum atomic E-state index is 12.8. The highest BCUT2D eigenvalue weighted by molar-refractivity contribution is 5.99. The van der Waals surface area contributed by atoms with Crippen molar-refractivity contribution in [2.75, 3.05) is 0 Å². The molecule has 0 heterocycles. The number of hydrogen-bond acceptors (Lipinski definition) is 5. The molecule has 0 aliphatic carbocycles. The topological polar surface area (TPSA) is 105 Å². The van der Waals surface area contributed by atoms with Gasteiger partial charge in [0.1, 0.15) is 23.1 Å². The molecule has 0 fully saturated rings. The van der Waals surface area contributed by atoms with Crippen molar-refractivity contribution in [3.8, 4) is 29.5 Å². The Kier molecular flexibility index (Phi) is 5.86. The van der Waals surface area contributed by atoms with E-state index in [1.165, 1.54) is 6.92 Å². The molecule has 28 heavy (non-hydrogen) atoms. The van der Waals surface area contributed by atoms with E-state index in [0.717, 1.165) is 30.3 Å². The minimum absolute atomic E-state index is 0.0866. The lowest BCUT2D eigenvalue weighted by Gasteiger charge is -2.11. The summed E-state index contributed by atoms with van der Waals surface area (Å²) in [5.41, 5.74) is -2.30. The Morgan fingerprint density at radius 2 is 1.96 bits per heavy atom. The Labute approximate surface area is 156 Å². The van der Waals surface area contributed by atoms with Gasteiger partial charge >= 0.3 is 6.18 Å². The van der Waals surface area contributed by atoms with Gasteiger partial charge in [-0.25, -0.2) is 0 Å².